The first kappa shape index (κ1) is 17.4. The van der Waals surface area contributed by atoms with Crippen LogP contribution in [0.1, 0.15) is 47.0 Å². The molecule has 0 fully saturated rings. The maximum atomic E-state index is 11.8. The van der Waals surface area contributed by atoms with Crippen LogP contribution in [0.4, 0.5) is 0 Å². The molecule has 4 nitrogen and oxygen atoms in total. The maximum absolute atomic E-state index is 11.8. The van der Waals surface area contributed by atoms with E-state index in [1.54, 1.807) is 19.1 Å². The molecule has 0 radical (unpaired) electrons. The first-order valence-electron chi connectivity index (χ1n) is 7.19. The second kappa shape index (κ2) is 6.39. The molecule has 116 valence electrons. The van der Waals surface area contributed by atoms with Crippen molar-refractivity contribution in [3.8, 4) is 0 Å². The van der Waals surface area contributed by atoms with E-state index in [9.17, 15) is 14.7 Å². The number of hydrogen-bond donors (Lipinski definition) is 2. The Balaban J connectivity index is 3.23. The molecule has 0 saturated carbocycles. The SMILES string of the molecule is CCCC1=CC(=O)CC(C)(C)[C@@]1(O)/C=C/C(C)=C\C(=O)O. The van der Waals surface area contributed by atoms with Crippen molar-refractivity contribution in [2.45, 2.75) is 52.6 Å². The Labute approximate surface area is 125 Å². The van der Waals surface area contributed by atoms with Crippen LogP contribution in [0.25, 0.3) is 0 Å². The molecule has 0 heterocycles. The van der Waals surface area contributed by atoms with Crippen LogP contribution >= 0.6 is 0 Å². The van der Waals surface area contributed by atoms with E-state index in [-0.39, 0.29) is 12.2 Å². The van der Waals surface area contributed by atoms with Crippen molar-refractivity contribution in [3.63, 3.8) is 0 Å². The number of ketones is 1. The third kappa shape index (κ3) is 3.91. The highest BCUT2D eigenvalue weighted by atomic mass is 16.4. The molecule has 1 aliphatic rings. The molecule has 0 aliphatic heterocycles. The molecule has 1 aliphatic carbocycles. The van der Waals surface area contributed by atoms with Crippen molar-refractivity contribution in [1.82, 2.24) is 0 Å². The quantitative estimate of drug-likeness (QED) is 0.603. The Hall–Kier alpha value is -1.68. The molecule has 1 rings (SSSR count). The van der Waals surface area contributed by atoms with E-state index < -0.39 is 17.0 Å². The fourth-order valence-corrected chi connectivity index (χ4v) is 2.72. The predicted octanol–water partition coefficient (Wildman–Crippen LogP) is 3.03. The number of carboxylic acids is 1. The molecule has 4 heteroatoms. The van der Waals surface area contributed by atoms with Gasteiger partial charge in [-0.2, -0.15) is 0 Å². The summed E-state index contributed by atoms with van der Waals surface area (Å²) in [6.45, 7) is 7.37. The highest BCUT2D eigenvalue weighted by Crippen LogP contribution is 2.45. The van der Waals surface area contributed by atoms with Gasteiger partial charge in [0.2, 0.25) is 0 Å². The second-order valence-corrected chi connectivity index (χ2v) is 6.27. The predicted molar refractivity (Wildman–Crippen MR) is 81.9 cm³/mol. The minimum atomic E-state index is -1.23. The van der Waals surface area contributed by atoms with Gasteiger partial charge < -0.3 is 10.2 Å². The number of carbonyl (C=O) groups excluding carboxylic acids is 1. The number of aliphatic carboxylic acids is 1. The van der Waals surface area contributed by atoms with E-state index >= 15 is 0 Å². The van der Waals surface area contributed by atoms with Crippen LogP contribution in [-0.4, -0.2) is 27.6 Å². The van der Waals surface area contributed by atoms with Crippen molar-refractivity contribution in [1.29, 1.82) is 0 Å². The van der Waals surface area contributed by atoms with Gasteiger partial charge in [0.15, 0.2) is 5.78 Å². The minimum absolute atomic E-state index is 0.0272. The fourth-order valence-electron chi connectivity index (χ4n) is 2.72. The molecular formula is C17H24O4. The topological polar surface area (TPSA) is 74.6 Å². The van der Waals surface area contributed by atoms with Gasteiger partial charge in [0.25, 0.3) is 0 Å². The molecular weight excluding hydrogens is 268 g/mol. The molecule has 0 aromatic carbocycles. The summed E-state index contributed by atoms with van der Waals surface area (Å²) < 4.78 is 0. The highest BCUT2D eigenvalue weighted by Gasteiger charge is 2.47. The van der Waals surface area contributed by atoms with E-state index in [4.69, 9.17) is 5.11 Å². The third-order valence-corrected chi connectivity index (χ3v) is 3.93. The molecule has 0 aromatic heterocycles. The van der Waals surface area contributed by atoms with E-state index in [1.807, 2.05) is 20.8 Å². The van der Waals surface area contributed by atoms with Crippen molar-refractivity contribution >= 4 is 11.8 Å². The summed E-state index contributed by atoms with van der Waals surface area (Å²) >= 11 is 0. The average molecular weight is 292 g/mol. The molecule has 0 unspecified atom stereocenters. The Morgan fingerprint density at radius 3 is 2.57 bits per heavy atom. The summed E-state index contributed by atoms with van der Waals surface area (Å²) in [4.78, 5) is 22.5. The summed E-state index contributed by atoms with van der Waals surface area (Å²) in [5.74, 6) is -0.995. The smallest absolute Gasteiger partial charge is 0.328 e. The van der Waals surface area contributed by atoms with Gasteiger partial charge in [-0.05, 0) is 36.6 Å². The number of carboxylic acid groups (broad SMARTS) is 1. The average Bonchev–Trinajstić information content (AvgIpc) is 2.32. The van der Waals surface area contributed by atoms with E-state index in [0.717, 1.165) is 12.5 Å². The Morgan fingerprint density at radius 1 is 1.43 bits per heavy atom. The van der Waals surface area contributed by atoms with Gasteiger partial charge in [0, 0.05) is 17.9 Å². The molecule has 0 amide bonds. The lowest BCUT2D eigenvalue weighted by atomic mass is 9.63. The molecule has 21 heavy (non-hydrogen) atoms. The minimum Gasteiger partial charge on any atom is -0.478 e. The summed E-state index contributed by atoms with van der Waals surface area (Å²) in [5.41, 5.74) is -0.612. The summed E-state index contributed by atoms with van der Waals surface area (Å²) in [6, 6.07) is 0. The lowest BCUT2D eigenvalue weighted by Crippen LogP contribution is -2.48. The van der Waals surface area contributed by atoms with Gasteiger partial charge in [0.05, 0.1) is 0 Å². The van der Waals surface area contributed by atoms with Crippen LogP contribution in [-0.2, 0) is 9.59 Å². The van der Waals surface area contributed by atoms with Crippen molar-refractivity contribution in [2.75, 3.05) is 0 Å². The largest absolute Gasteiger partial charge is 0.478 e. The van der Waals surface area contributed by atoms with E-state index in [1.165, 1.54) is 6.08 Å². The molecule has 0 spiro atoms. The molecule has 0 saturated heterocycles. The summed E-state index contributed by atoms with van der Waals surface area (Å²) in [6.07, 6.45) is 7.58. The fraction of sp³-hybridized carbons (Fsp3) is 0.529. The highest BCUT2D eigenvalue weighted by molar-refractivity contribution is 5.93. The van der Waals surface area contributed by atoms with E-state index in [2.05, 4.69) is 0 Å². The van der Waals surface area contributed by atoms with Crippen LogP contribution < -0.4 is 0 Å². The van der Waals surface area contributed by atoms with Crippen LogP contribution in [0.2, 0.25) is 0 Å². The lowest BCUT2D eigenvalue weighted by Gasteiger charge is -2.45. The van der Waals surface area contributed by atoms with Gasteiger partial charge in [0.1, 0.15) is 5.60 Å². The molecule has 2 N–H and O–H groups in total. The van der Waals surface area contributed by atoms with Gasteiger partial charge in [-0.1, -0.05) is 33.3 Å². The first-order valence-corrected chi connectivity index (χ1v) is 7.19. The normalized spacial score (nSPS) is 26.0. The number of aliphatic hydroxyl groups is 1. The standard InChI is InChI=1S/C17H24O4/c1-5-6-13-10-14(18)11-16(3,4)17(13,21)8-7-12(2)9-15(19)20/h7-10,21H,5-6,11H2,1-4H3,(H,19,20)/b8-7+,12-9-/t17-/m1/s1. The monoisotopic (exact) mass is 292 g/mol. The van der Waals surface area contributed by atoms with Crippen LogP contribution in [0.3, 0.4) is 0 Å². The van der Waals surface area contributed by atoms with Crippen molar-refractivity contribution in [3.05, 3.63) is 35.5 Å². The number of hydrogen-bond acceptors (Lipinski definition) is 3. The van der Waals surface area contributed by atoms with Crippen molar-refractivity contribution in [2.24, 2.45) is 5.41 Å². The Bertz CT molecular complexity index is 523. The summed E-state index contributed by atoms with van der Waals surface area (Å²) in [5, 5.41) is 19.8. The van der Waals surface area contributed by atoms with Gasteiger partial charge >= 0.3 is 5.97 Å². The zero-order valence-electron chi connectivity index (χ0n) is 13.1. The number of carbonyl (C=O) groups is 2. The first-order chi connectivity index (χ1) is 9.62. The lowest BCUT2D eigenvalue weighted by molar-refractivity contribution is -0.131. The molecule has 1 atom stereocenters. The Morgan fingerprint density at radius 2 is 2.05 bits per heavy atom. The second-order valence-electron chi connectivity index (χ2n) is 6.27. The Kier molecular flexibility index (Phi) is 5.29. The molecule has 0 bridgehead atoms. The van der Waals surface area contributed by atoms with Crippen LogP contribution in [0.15, 0.2) is 35.5 Å². The zero-order chi connectivity index (χ0) is 16.3. The van der Waals surface area contributed by atoms with Crippen molar-refractivity contribution < 1.29 is 19.8 Å². The van der Waals surface area contributed by atoms with Gasteiger partial charge in [-0.15, -0.1) is 0 Å². The zero-order valence-corrected chi connectivity index (χ0v) is 13.1. The number of rotatable bonds is 5. The van der Waals surface area contributed by atoms with Crippen LogP contribution in [0, 0.1) is 5.41 Å². The van der Waals surface area contributed by atoms with E-state index in [0.29, 0.717) is 17.6 Å². The summed E-state index contributed by atoms with van der Waals surface area (Å²) in [7, 11) is 0. The molecule has 0 aromatic rings. The van der Waals surface area contributed by atoms with Gasteiger partial charge in [-0.3, -0.25) is 4.79 Å². The van der Waals surface area contributed by atoms with Gasteiger partial charge in [-0.25, -0.2) is 4.79 Å². The number of allylic oxidation sites excluding steroid dienone is 3. The maximum Gasteiger partial charge on any atom is 0.328 e. The van der Waals surface area contributed by atoms with Crippen LogP contribution in [0.5, 0.6) is 0 Å². The third-order valence-electron chi connectivity index (χ3n) is 3.93.